The summed E-state index contributed by atoms with van der Waals surface area (Å²) in [5.41, 5.74) is 1.21. The van der Waals surface area contributed by atoms with E-state index in [1.165, 1.54) is 14.0 Å². The van der Waals surface area contributed by atoms with Gasteiger partial charge in [-0.15, -0.1) is 0 Å². The summed E-state index contributed by atoms with van der Waals surface area (Å²) in [6.45, 7) is 3.29. The van der Waals surface area contributed by atoms with Gasteiger partial charge in [0.05, 0.1) is 12.8 Å². The number of ether oxygens (including phenoxy) is 4. The fourth-order valence-corrected chi connectivity index (χ4v) is 2.76. The molecule has 2 atom stereocenters. The first-order valence-corrected chi connectivity index (χ1v) is 9.01. The van der Waals surface area contributed by atoms with E-state index in [9.17, 15) is 9.59 Å². The molecule has 0 saturated heterocycles. The number of methoxy groups -OCH3 is 1. The summed E-state index contributed by atoms with van der Waals surface area (Å²) >= 11 is 6.07. The maximum Gasteiger partial charge on any atom is 0.351 e. The molecule has 2 aromatic rings. The molecule has 0 fully saturated rings. The average molecular weight is 406 g/mol. The number of hydrogen-bond donors (Lipinski definition) is 1. The van der Waals surface area contributed by atoms with Crippen molar-refractivity contribution >= 4 is 29.2 Å². The van der Waals surface area contributed by atoms with Crippen LogP contribution in [0.25, 0.3) is 0 Å². The van der Waals surface area contributed by atoms with Crippen LogP contribution in [0.5, 0.6) is 17.2 Å². The van der Waals surface area contributed by atoms with Crippen molar-refractivity contribution < 1.29 is 28.5 Å². The molecule has 1 aliphatic heterocycles. The molecule has 1 N–H and O–H groups in total. The Morgan fingerprint density at radius 3 is 2.68 bits per heavy atom. The quantitative estimate of drug-likeness (QED) is 0.768. The monoisotopic (exact) mass is 405 g/mol. The van der Waals surface area contributed by atoms with E-state index >= 15 is 0 Å². The second kappa shape index (κ2) is 8.39. The van der Waals surface area contributed by atoms with Crippen molar-refractivity contribution in [2.75, 3.05) is 19.0 Å². The van der Waals surface area contributed by atoms with Crippen molar-refractivity contribution in [3.8, 4) is 17.2 Å². The molecule has 1 heterocycles. The highest BCUT2D eigenvalue weighted by molar-refractivity contribution is 6.31. The van der Waals surface area contributed by atoms with E-state index in [1.807, 2.05) is 0 Å². The van der Waals surface area contributed by atoms with Crippen LogP contribution in [-0.4, -0.2) is 37.8 Å². The lowest BCUT2D eigenvalue weighted by Crippen LogP contribution is -2.41. The summed E-state index contributed by atoms with van der Waals surface area (Å²) in [5, 5.41) is 3.20. The zero-order chi connectivity index (χ0) is 20.3. The SMILES string of the molecule is COc1cc(Cl)c(C)cc1NC(=O)[C@@H](C)OC(=O)[C@H]1COc2ccccc2O1. The average Bonchev–Trinajstić information content (AvgIpc) is 2.69. The van der Waals surface area contributed by atoms with Crippen LogP contribution >= 0.6 is 11.6 Å². The zero-order valence-electron chi connectivity index (χ0n) is 15.7. The summed E-state index contributed by atoms with van der Waals surface area (Å²) in [4.78, 5) is 24.8. The Morgan fingerprint density at radius 2 is 1.96 bits per heavy atom. The Bertz CT molecular complexity index is 900. The normalized spacial score (nSPS) is 16.1. The van der Waals surface area contributed by atoms with Gasteiger partial charge in [0.1, 0.15) is 12.4 Å². The van der Waals surface area contributed by atoms with Crippen LogP contribution in [0.4, 0.5) is 5.69 Å². The lowest BCUT2D eigenvalue weighted by atomic mass is 10.2. The van der Waals surface area contributed by atoms with Crippen LogP contribution in [0, 0.1) is 6.92 Å². The third-order valence-corrected chi connectivity index (χ3v) is 4.58. The number of carbonyl (C=O) groups is 2. The van der Waals surface area contributed by atoms with E-state index in [0.717, 1.165) is 5.56 Å². The summed E-state index contributed by atoms with van der Waals surface area (Å²) in [7, 11) is 1.47. The molecule has 148 valence electrons. The van der Waals surface area contributed by atoms with E-state index in [1.54, 1.807) is 43.3 Å². The maximum atomic E-state index is 12.4. The van der Waals surface area contributed by atoms with Crippen LogP contribution in [0.3, 0.4) is 0 Å². The summed E-state index contributed by atoms with van der Waals surface area (Å²) in [6.07, 6.45) is -1.99. The highest BCUT2D eigenvalue weighted by atomic mass is 35.5. The van der Waals surface area contributed by atoms with Gasteiger partial charge >= 0.3 is 5.97 Å². The van der Waals surface area contributed by atoms with Crippen LogP contribution < -0.4 is 19.5 Å². The van der Waals surface area contributed by atoms with Crippen LogP contribution in [-0.2, 0) is 14.3 Å². The predicted molar refractivity (Wildman–Crippen MR) is 103 cm³/mol. The van der Waals surface area contributed by atoms with Gasteiger partial charge in [0.2, 0.25) is 6.10 Å². The Kier molecular flexibility index (Phi) is 5.94. The number of carbonyl (C=O) groups excluding carboxylic acids is 2. The molecule has 8 heteroatoms. The van der Waals surface area contributed by atoms with Crippen molar-refractivity contribution in [2.45, 2.75) is 26.1 Å². The van der Waals surface area contributed by atoms with Gasteiger partial charge in [0.25, 0.3) is 5.91 Å². The van der Waals surface area contributed by atoms with Crippen LogP contribution in [0.1, 0.15) is 12.5 Å². The molecular formula is C20H20ClNO6. The summed E-state index contributed by atoms with van der Waals surface area (Å²) < 4.78 is 21.6. The highest BCUT2D eigenvalue weighted by Crippen LogP contribution is 2.32. The third kappa shape index (κ3) is 4.31. The minimum atomic E-state index is -1.05. The van der Waals surface area contributed by atoms with E-state index in [0.29, 0.717) is 28.0 Å². The van der Waals surface area contributed by atoms with Gasteiger partial charge in [-0.3, -0.25) is 4.79 Å². The molecule has 0 radical (unpaired) electrons. The summed E-state index contributed by atoms with van der Waals surface area (Å²) in [5.74, 6) is 0.224. The molecule has 0 aliphatic carbocycles. The minimum absolute atomic E-state index is 0.00832. The Morgan fingerprint density at radius 1 is 1.25 bits per heavy atom. The first-order chi connectivity index (χ1) is 13.4. The fourth-order valence-electron chi connectivity index (χ4n) is 2.60. The third-order valence-electron chi connectivity index (χ3n) is 4.17. The second-order valence-electron chi connectivity index (χ2n) is 6.23. The summed E-state index contributed by atoms with van der Waals surface area (Å²) in [6, 6.07) is 10.3. The Labute approximate surface area is 167 Å². The van der Waals surface area contributed by atoms with E-state index in [-0.39, 0.29) is 6.61 Å². The standard InChI is InChI=1S/C20H20ClNO6/c1-11-8-14(17(25-3)9-13(11)21)22-19(23)12(2)27-20(24)18-10-26-15-6-4-5-7-16(15)28-18/h4-9,12,18H,10H2,1-3H3,(H,22,23)/t12-,18-/m1/s1. The van der Waals surface area contributed by atoms with E-state index in [2.05, 4.69) is 5.32 Å². The number of para-hydroxylation sites is 2. The highest BCUT2D eigenvalue weighted by Gasteiger charge is 2.31. The molecule has 0 bridgehead atoms. The molecule has 0 unspecified atom stereocenters. The maximum absolute atomic E-state index is 12.4. The van der Waals surface area contributed by atoms with Crippen molar-refractivity contribution in [3.05, 3.63) is 47.0 Å². The second-order valence-corrected chi connectivity index (χ2v) is 6.64. The number of nitrogens with one attached hydrogen (secondary N) is 1. The predicted octanol–water partition coefficient (Wildman–Crippen LogP) is 3.37. The Hall–Kier alpha value is -2.93. The van der Waals surface area contributed by atoms with E-state index < -0.39 is 24.1 Å². The number of fused-ring (bicyclic) bond motifs is 1. The van der Waals surface area contributed by atoms with E-state index in [4.69, 9.17) is 30.5 Å². The van der Waals surface area contributed by atoms with Crippen molar-refractivity contribution in [2.24, 2.45) is 0 Å². The number of aryl methyl sites for hydroxylation is 1. The van der Waals surface area contributed by atoms with Gasteiger partial charge in [0, 0.05) is 11.1 Å². The molecule has 3 rings (SSSR count). The number of anilines is 1. The molecular weight excluding hydrogens is 386 g/mol. The van der Waals surface area contributed by atoms with Gasteiger partial charge in [-0.2, -0.15) is 0 Å². The van der Waals surface area contributed by atoms with Gasteiger partial charge in [-0.05, 0) is 37.6 Å². The number of hydrogen-bond acceptors (Lipinski definition) is 6. The van der Waals surface area contributed by atoms with Crippen molar-refractivity contribution in [1.29, 1.82) is 0 Å². The molecule has 1 aliphatic rings. The van der Waals surface area contributed by atoms with Gasteiger partial charge in [-0.25, -0.2) is 4.79 Å². The fraction of sp³-hybridized carbons (Fsp3) is 0.300. The topological polar surface area (TPSA) is 83.1 Å². The number of esters is 1. The molecule has 28 heavy (non-hydrogen) atoms. The smallest absolute Gasteiger partial charge is 0.351 e. The molecule has 0 saturated carbocycles. The van der Waals surface area contributed by atoms with Crippen molar-refractivity contribution in [1.82, 2.24) is 0 Å². The Balaban J connectivity index is 1.62. The van der Waals surface area contributed by atoms with Gasteiger partial charge in [0.15, 0.2) is 17.6 Å². The minimum Gasteiger partial charge on any atom is -0.495 e. The largest absolute Gasteiger partial charge is 0.495 e. The first kappa shape index (κ1) is 19.8. The molecule has 0 spiro atoms. The zero-order valence-corrected chi connectivity index (χ0v) is 16.4. The molecule has 1 amide bonds. The lowest BCUT2D eigenvalue weighted by molar-refractivity contribution is -0.162. The first-order valence-electron chi connectivity index (χ1n) is 8.63. The van der Waals surface area contributed by atoms with Crippen molar-refractivity contribution in [3.63, 3.8) is 0 Å². The number of halogens is 1. The number of amides is 1. The molecule has 2 aromatic carbocycles. The molecule has 7 nitrogen and oxygen atoms in total. The van der Waals surface area contributed by atoms with Gasteiger partial charge in [-0.1, -0.05) is 23.7 Å². The lowest BCUT2D eigenvalue weighted by Gasteiger charge is -2.26. The van der Waals surface area contributed by atoms with Crippen LogP contribution in [0.2, 0.25) is 5.02 Å². The number of benzene rings is 2. The molecule has 0 aromatic heterocycles. The van der Waals surface area contributed by atoms with Gasteiger partial charge < -0.3 is 24.3 Å². The van der Waals surface area contributed by atoms with Crippen LogP contribution in [0.15, 0.2) is 36.4 Å². The number of rotatable bonds is 5.